The molecule has 0 spiro atoms. The summed E-state index contributed by atoms with van der Waals surface area (Å²) in [4.78, 5) is 3.22. The van der Waals surface area contributed by atoms with E-state index in [9.17, 15) is 0 Å². The van der Waals surface area contributed by atoms with Crippen LogP contribution in [0, 0.1) is 0 Å². The maximum atomic E-state index is 5.29. The molecule has 2 rings (SSSR count). The Kier molecular flexibility index (Phi) is 1.30. The zero-order valence-corrected chi connectivity index (χ0v) is 8.05. The van der Waals surface area contributed by atoms with Gasteiger partial charge in [-0.3, -0.25) is 0 Å². The summed E-state index contributed by atoms with van der Waals surface area (Å²) >= 11 is 0. The number of nitrogens with one attached hydrogen (secondary N) is 1. The van der Waals surface area contributed by atoms with Crippen molar-refractivity contribution in [3.05, 3.63) is 18.0 Å². The number of aromatic nitrogens is 1. The monoisotopic (exact) mass is 153 g/mol. The minimum atomic E-state index is 0.777. The van der Waals surface area contributed by atoms with Crippen molar-refractivity contribution in [3.8, 4) is 5.75 Å². The number of rotatable bonds is 2. The highest BCUT2D eigenvalue weighted by molar-refractivity contribution is 6.00. The average Bonchev–Trinajstić information content (AvgIpc) is 2.69. The Hall–Kier alpha value is -0.703. The molecule has 1 saturated carbocycles. The van der Waals surface area contributed by atoms with E-state index < -0.39 is 0 Å². The van der Waals surface area contributed by atoms with Gasteiger partial charge in [0.05, 0.1) is 5.69 Å². The molecule has 1 N–H and O–H groups in total. The molecule has 54 valence electrons. The van der Waals surface area contributed by atoms with Crippen LogP contribution >= 0.6 is 0 Å². The molecule has 0 bridgehead atoms. The van der Waals surface area contributed by atoms with Gasteiger partial charge in [-0.05, 0) is 18.9 Å². The van der Waals surface area contributed by atoms with E-state index in [-0.39, 0.29) is 0 Å². The normalized spacial score (nSPS) is 17.6. The summed E-state index contributed by atoms with van der Waals surface area (Å²) in [5, 5.41) is 0. The molecule has 0 atom stereocenters. The Balaban J connectivity index is 2.28. The van der Waals surface area contributed by atoms with E-state index in [0.29, 0.717) is 0 Å². The SMILES string of the molecule is [SiH3]Oc1cc[nH]c1C1CC1. The molecular weight excluding hydrogens is 142 g/mol. The fourth-order valence-corrected chi connectivity index (χ4v) is 1.59. The van der Waals surface area contributed by atoms with E-state index >= 15 is 0 Å². The summed E-state index contributed by atoms with van der Waals surface area (Å²) in [5.41, 5.74) is 1.31. The molecule has 0 amide bonds. The Morgan fingerprint density at radius 2 is 2.40 bits per heavy atom. The third-order valence-corrected chi connectivity index (χ3v) is 2.38. The van der Waals surface area contributed by atoms with Gasteiger partial charge in [-0.1, -0.05) is 0 Å². The lowest BCUT2D eigenvalue weighted by atomic mass is 10.3. The van der Waals surface area contributed by atoms with Crippen molar-refractivity contribution >= 4 is 10.5 Å². The van der Waals surface area contributed by atoms with Crippen LogP contribution in [0.5, 0.6) is 5.75 Å². The largest absolute Gasteiger partial charge is 0.552 e. The van der Waals surface area contributed by atoms with Crippen LogP contribution in [-0.4, -0.2) is 15.5 Å². The molecule has 1 aromatic heterocycles. The van der Waals surface area contributed by atoms with Crippen LogP contribution in [0.1, 0.15) is 24.5 Å². The first-order valence-corrected chi connectivity index (χ1v) is 4.44. The summed E-state index contributed by atoms with van der Waals surface area (Å²) < 4.78 is 5.29. The van der Waals surface area contributed by atoms with Gasteiger partial charge in [-0.2, -0.15) is 0 Å². The second kappa shape index (κ2) is 2.16. The number of aromatic amines is 1. The highest BCUT2D eigenvalue weighted by Gasteiger charge is 2.27. The topological polar surface area (TPSA) is 25.0 Å². The lowest BCUT2D eigenvalue weighted by Crippen LogP contribution is -1.87. The Bertz CT molecular complexity index is 229. The number of hydrogen-bond donors (Lipinski definition) is 1. The lowest BCUT2D eigenvalue weighted by molar-refractivity contribution is 0.606. The quantitative estimate of drug-likeness (QED) is 0.617. The molecule has 1 fully saturated rings. The minimum absolute atomic E-state index is 0.777. The lowest BCUT2D eigenvalue weighted by Gasteiger charge is -1.99. The van der Waals surface area contributed by atoms with Crippen molar-refractivity contribution in [2.24, 2.45) is 0 Å². The van der Waals surface area contributed by atoms with E-state index in [1.54, 1.807) is 0 Å². The predicted molar refractivity (Wildman–Crippen MR) is 43.3 cm³/mol. The predicted octanol–water partition coefficient (Wildman–Crippen LogP) is 0.551. The first-order valence-electron chi connectivity index (χ1n) is 3.63. The van der Waals surface area contributed by atoms with E-state index in [2.05, 4.69) is 4.98 Å². The van der Waals surface area contributed by atoms with Gasteiger partial charge in [0.25, 0.3) is 0 Å². The van der Waals surface area contributed by atoms with Gasteiger partial charge < -0.3 is 9.41 Å². The maximum Gasteiger partial charge on any atom is 0.204 e. The van der Waals surface area contributed by atoms with Crippen molar-refractivity contribution in [2.75, 3.05) is 0 Å². The molecule has 1 aliphatic carbocycles. The fraction of sp³-hybridized carbons (Fsp3) is 0.429. The first-order chi connectivity index (χ1) is 4.92. The first kappa shape index (κ1) is 6.04. The Labute approximate surface area is 63.1 Å². The highest BCUT2D eigenvalue weighted by atomic mass is 28.2. The molecule has 0 saturated heterocycles. The zero-order valence-electron chi connectivity index (χ0n) is 6.05. The second-order valence-corrected chi connectivity index (χ2v) is 3.14. The average molecular weight is 153 g/mol. The van der Waals surface area contributed by atoms with Gasteiger partial charge in [0, 0.05) is 12.1 Å². The molecule has 0 radical (unpaired) electrons. The van der Waals surface area contributed by atoms with Crippen molar-refractivity contribution < 1.29 is 4.43 Å². The standard InChI is InChI=1S/C7H11NOSi/c10-9-6-3-4-8-7(6)5-1-2-5/h3-5,8H,1-2H2,10H3. The molecule has 1 aromatic rings. The van der Waals surface area contributed by atoms with Gasteiger partial charge in [-0.25, -0.2) is 0 Å². The van der Waals surface area contributed by atoms with Gasteiger partial charge >= 0.3 is 0 Å². The third kappa shape index (κ3) is 0.864. The van der Waals surface area contributed by atoms with E-state index in [0.717, 1.165) is 22.2 Å². The second-order valence-electron chi connectivity index (χ2n) is 2.73. The summed E-state index contributed by atoms with van der Waals surface area (Å²) in [6, 6.07) is 2.01. The van der Waals surface area contributed by atoms with Crippen molar-refractivity contribution in [1.82, 2.24) is 4.98 Å². The molecule has 0 aromatic carbocycles. The van der Waals surface area contributed by atoms with Crippen LogP contribution in [0.3, 0.4) is 0 Å². The molecular formula is C7H11NOSi. The van der Waals surface area contributed by atoms with E-state index in [1.807, 2.05) is 12.3 Å². The van der Waals surface area contributed by atoms with E-state index in [1.165, 1.54) is 18.5 Å². The smallest absolute Gasteiger partial charge is 0.204 e. The highest BCUT2D eigenvalue weighted by Crippen LogP contribution is 2.43. The molecule has 2 nitrogen and oxygen atoms in total. The zero-order chi connectivity index (χ0) is 6.97. The van der Waals surface area contributed by atoms with Gasteiger partial charge in [-0.15, -0.1) is 0 Å². The minimum Gasteiger partial charge on any atom is -0.552 e. The number of H-pyrrole nitrogens is 1. The fourth-order valence-electron chi connectivity index (χ4n) is 1.24. The van der Waals surface area contributed by atoms with Crippen LogP contribution in [0.15, 0.2) is 12.3 Å². The van der Waals surface area contributed by atoms with Crippen LogP contribution in [0.4, 0.5) is 0 Å². The molecule has 0 unspecified atom stereocenters. The van der Waals surface area contributed by atoms with Gasteiger partial charge in [0.2, 0.25) is 10.5 Å². The molecule has 3 heteroatoms. The van der Waals surface area contributed by atoms with Crippen LogP contribution < -0.4 is 4.43 Å². The maximum absolute atomic E-state index is 5.29. The third-order valence-electron chi connectivity index (χ3n) is 1.94. The molecule has 1 aliphatic rings. The van der Waals surface area contributed by atoms with Crippen LogP contribution in [0.25, 0.3) is 0 Å². The van der Waals surface area contributed by atoms with Crippen molar-refractivity contribution in [3.63, 3.8) is 0 Å². The number of hydrogen-bond acceptors (Lipinski definition) is 1. The molecule has 0 aliphatic heterocycles. The Morgan fingerprint density at radius 3 is 3.00 bits per heavy atom. The molecule has 1 heterocycles. The Morgan fingerprint density at radius 1 is 1.60 bits per heavy atom. The van der Waals surface area contributed by atoms with Gasteiger partial charge in [0.15, 0.2) is 0 Å². The van der Waals surface area contributed by atoms with Gasteiger partial charge in [0.1, 0.15) is 5.75 Å². The van der Waals surface area contributed by atoms with Crippen LogP contribution in [0.2, 0.25) is 0 Å². The van der Waals surface area contributed by atoms with E-state index in [4.69, 9.17) is 4.43 Å². The van der Waals surface area contributed by atoms with Crippen molar-refractivity contribution in [2.45, 2.75) is 18.8 Å². The van der Waals surface area contributed by atoms with Crippen molar-refractivity contribution in [1.29, 1.82) is 0 Å². The summed E-state index contributed by atoms with van der Waals surface area (Å²) in [6.45, 7) is 0. The summed E-state index contributed by atoms with van der Waals surface area (Å²) in [7, 11) is 0.794. The molecule has 10 heavy (non-hydrogen) atoms. The van der Waals surface area contributed by atoms with Crippen LogP contribution in [-0.2, 0) is 0 Å². The summed E-state index contributed by atoms with van der Waals surface area (Å²) in [5.74, 6) is 1.85. The summed E-state index contributed by atoms with van der Waals surface area (Å²) in [6.07, 6.45) is 4.62.